The van der Waals surface area contributed by atoms with Gasteiger partial charge in [-0.2, -0.15) is 0 Å². The van der Waals surface area contributed by atoms with Crippen LogP contribution in [-0.2, 0) is 20.1 Å². The van der Waals surface area contributed by atoms with Crippen molar-refractivity contribution >= 4 is 5.96 Å². The summed E-state index contributed by atoms with van der Waals surface area (Å²) in [6.45, 7) is 3.46. The van der Waals surface area contributed by atoms with E-state index in [1.165, 1.54) is 12.8 Å². The van der Waals surface area contributed by atoms with Gasteiger partial charge in [-0.15, -0.1) is 10.2 Å². The van der Waals surface area contributed by atoms with E-state index in [9.17, 15) is 0 Å². The highest BCUT2D eigenvalue weighted by molar-refractivity contribution is 5.80. The molecule has 1 aromatic heterocycles. The SMILES string of the molecule is Cc1nnc(CN=C(NC2CC2)N(C)Cc2ccc3c(c2)OCO3)n1C. The molecule has 0 saturated heterocycles. The molecule has 2 aliphatic rings. The average molecular weight is 356 g/mol. The summed E-state index contributed by atoms with van der Waals surface area (Å²) in [5.74, 6) is 4.23. The number of fused-ring (bicyclic) bond motifs is 1. The highest BCUT2D eigenvalue weighted by atomic mass is 16.7. The van der Waals surface area contributed by atoms with Crippen LogP contribution in [0.2, 0.25) is 0 Å². The summed E-state index contributed by atoms with van der Waals surface area (Å²) >= 11 is 0. The summed E-state index contributed by atoms with van der Waals surface area (Å²) in [6, 6.07) is 6.57. The summed E-state index contributed by atoms with van der Waals surface area (Å²) in [4.78, 5) is 6.89. The van der Waals surface area contributed by atoms with E-state index in [-0.39, 0.29) is 0 Å². The van der Waals surface area contributed by atoms with Crippen LogP contribution in [0.4, 0.5) is 0 Å². The molecular formula is C18H24N6O2. The second kappa shape index (κ2) is 6.86. The third-order valence-electron chi connectivity index (χ3n) is 4.68. The first-order valence-electron chi connectivity index (χ1n) is 8.85. The lowest BCUT2D eigenvalue weighted by molar-refractivity contribution is 0.174. The van der Waals surface area contributed by atoms with E-state index < -0.39 is 0 Å². The highest BCUT2D eigenvalue weighted by Gasteiger charge is 2.24. The summed E-state index contributed by atoms with van der Waals surface area (Å²) in [5.41, 5.74) is 1.15. The van der Waals surface area contributed by atoms with Gasteiger partial charge in [0.25, 0.3) is 0 Å². The molecule has 1 aliphatic carbocycles. The molecule has 1 aromatic carbocycles. The van der Waals surface area contributed by atoms with E-state index in [1.54, 1.807) is 0 Å². The van der Waals surface area contributed by atoms with Crippen LogP contribution < -0.4 is 14.8 Å². The molecule has 8 heteroatoms. The maximum Gasteiger partial charge on any atom is 0.231 e. The molecule has 4 rings (SSSR count). The molecule has 26 heavy (non-hydrogen) atoms. The van der Waals surface area contributed by atoms with Gasteiger partial charge in [-0.3, -0.25) is 0 Å². The van der Waals surface area contributed by atoms with E-state index >= 15 is 0 Å². The molecule has 0 atom stereocenters. The van der Waals surface area contributed by atoms with Gasteiger partial charge in [0, 0.05) is 26.7 Å². The summed E-state index contributed by atoms with van der Waals surface area (Å²) in [5, 5.41) is 11.8. The monoisotopic (exact) mass is 356 g/mol. The molecule has 0 unspecified atom stereocenters. The maximum atomic E-state index is 5.47. The number of benzene rings is 1. The second-order valence-corrected chi connectivity index (χ2v) is 6.82. The fourth-order valence-corrected chi connectivity index (χ4v) is 2.81. The van der Waals surface area contributed by atoms with Crippen LogP contribution in [0.1, 0.15) is 30.1 Å². The van der Waals surface area contributed by atoms with Crippen molar-refractivity contribution in [1.29, 1.82) is 0 Å². The number of aliphatic imine (C=N–C) groups is 1. The summed E-state index contributed by atoms with van der Waals surface area (Å²) in [7, 11) is 4.01. The molecule has 1 saturated carbocycles. The Balaban J connectivity index is 1.48. The molecular weight excluding hydrogens is 332 g/mol. The predicted molar refractivity (Wildman–Crippen MR) is 97.1 cm³/mol. The molecule has 0 radical (unpaired) electrons. The predicted octanol–water partition coefficient (Wildman–Crippen LogP) is 1.59. The standard InChI is InChI=1S/C18H24N6O2/c1-12-21-22-17(24(12)3)9-19-18(20-14-5-6-14)23(2)10-13-4-7-15-16(8-13)26-11-25-15/h4,7-8,14H,5-6,9-11H2,1-3H3,(H,19,20). The van der Waals surface area contributed by atoms with E-state index in [0.29, 0.717) is 19.4 Å². The van der Waals surface area contributed by atoms with Crippen molar-refractivity contribution in [1.82, 2.24) is 25.0 Å². The minimum atomic E-state index is 0.293. The summed E-state index contributed by atoms with van der Waals surface area (Å²) < 4.78 is 12.8. The molecule has 1 fully saturated rings. The van der Waals surface area contributed by atoms with Crippen molar-refractivity contribution < 1.29 is 9.47 Å². The average Bonchev–Trinajstić information content (AvgIpc) is 3.24. The molecule has 0 amide bonds. The van der Waals surface area contributed by atoms with Crippen molar-refractivity contribution in [2.75, 3.05) is 13.8 Å². The van der Waals surface area contributed by atoms with Gasteiger partial charge in [0.2, 0.25) is 6.79 Å². The van der Waals surface area contributed by atoms with Crippen molar-refractivity contribution in [3.63, 3.8) is 0 Å². The number of hydrogen-bond acceptors (Lipinski definition) is 5. The number of nitrogens with one attached hydrogen (secondary N) is 1. The van der Waals surface area contributed by atoms with Crippen LogP contribution in [0.3, 0.4) is 0 Å². The smallest absolute Gasteiger partial charge is 0.231 e. The van der Waals surface area contributed by atoms with Crippen LogP contribution in [0.15, 0.2) is 23.2 Å². The Morgan fingerprint density at radius 3 is 2.85 bits per heavy atom. The zero-order valence-corrected chi connectivity index (χ0v) is 15.4. The Labute approximate surface area is 152 Å². The molecule has 0 bridgehead atoms. The third-order valence-corrected chi connectivity index (χ3v) is 4.68. The Bertz CT molecular complexity index is 827. The quantitative estimate of drug-likeness (QED) is 0.648. The van der Waals surface area contributed by atoms with Crippen LogP contribution in [-0.4, -0.2) is 45.5 Å². The van der Waals surface area contributed by atoms with Crippen molar-refractivity contribution in [3.8, 4) is 11.5 Å². The van der Waals surface area contributed by atoms with Gasteiger partial charge in [-0.1, -0.05) is 6.07 Å². The van der Waals surface area contributed by atoms with E-state index in [4.69, 9.17) is 14.5 Å². The number of rotatable bonds is 5. The largest absolute Gasteiger partial charge is 0.454 e. The lowest BCUT2D eigenvalue weighted by atomic mass is 10.2. The summed E-state index contributed by atoms with van der Waals surface area (Å²) in [6.07, 6.45) is 2.39. The van der Waals surface area contributed by atoms with Gasteiger partial charge >= 0.3 is 0 Å². The zero-order valence-electron chi connectivity index (χ0n) is 15.4. The minimum absolute atomic E-state index is 0.293. The molecule has 138 valence electrons. The van der Waals surface area contributed by atoms with Gasteiger partial charge in [0.15, 0.2) is 23.3 Å². The Morgan fingerprint density at radius 2 is 2.12 bits per heavy atom. The number of aryl methyl sites for hydroxylation is 1. The van der Waals surface area contributed by atoms with Crippen molar-refractivity contribution in [2.24, 2.45) is 12.0 Å². The first-order chi connectivity index (χ1) is 12.6. The molecule has 2 aromatic rings. The number of guanidine groups is 1. The Morgan fingerprint density at radius 1 is 1.31 bits per heavy atom. The molecule has 1 aliphatic heterocycles. The molecule has 8 nitrogen and oxygen atoms in total. The number of hydrogen-bond donors (Lipinski definition) is 1. The first kappa shape index (κ1) is 16.7. The van der Waals surface area contributed by atoms with Gasteiger partial charge < -0.3 is 24.3 Å². The van der Waals surface area contributed by atoms with Crippen LogP contribution in [0.25, 0.3) is 0 Å². The zero-order chi connectivity index (χ0) is 18.1. The maximum absolute atomic E-state index is 5.47. The lowest BCUT2D eigenvalue weighted by Crippen LogP contribution is -2.39. The van der Waals surface area contributed by atoms with Gasteiger partial charge in [0.1, 0.15) is 12.4 Å². The number of aromatic nitrogens is 3. The molecule has 1 N–H and O–H groups in total. The molecule has 2 heterocycles. The van der Waals surface area contributed by atoms with Crippen LogP contribution in [0, 0.1) is 6.92 Å². The minimum Gasteiger partial charge on any atom is -0.454 e. The number of ether oxygens (including phenoxy) is 2. The normalized spacial score (nSPS) is 16.0. The first-order valence-corrected chi connectivity index (χ1v) is 8.85. The van der Waals surface area contributed by atoms with E-state index in [2.05, 4.69) is 26.5 Å². The van der Waals surface area contributed by atoms with Crippen LogP contribution >= 0.6 is 0 Å². The Hall–Kier alpha value is -2.77. The Kier molecular flexibility index (Phi) is 4.40. The van der Waals surface area contributed by atoms with Crippen molar-refractivity contribution in [3.05, 3.63) is 35.4 Å². The fourth-order valence-electron chi connectivity index (χ4n) is 2.81. The van der Waals surface area contributed by atoms with Crippen LogP contribution in [0.5, 0.6) is 11.5 Å². The van der Waals surface area contributed by atoms with Gasteiger partial charge in [-0.05, 0) is 37.5 Å². The van der Waals surface area contributed by atoms with Gasteiger partial charge in [-0.25, -0.2) is 4.99 Å². The highest BCUT2D eigenvalue weighted by Crippen LogP contribution is 2.32. The van der Waals surface area contributed by atoms with Crippen molar-refractivity contribution in [2.45, 2.75) is 38.9 Å². The van der Waals surface area contributed by atoms with Gasteiger partial charge in [0.05, 0.1) is 0 Å². The number of nitrogens with zero attached hydrogens (tertiary/aromatic N) is 5. The third kappa shape index (κ3) is 3.58. The second-order valence-electron chi connectivity index (χ2n) is 6.82. The molecule has 0 spiro atoms. The fraction of sp³-hybridized carbons (Fsp3) is 0.500. The van der Waals surface area contributed by atoms with E-state index in [0.717, 1.165) is 41.2 Å². The topological polar surface area (TPSA) is 76.8 Å². The van der Waals surface area contributed by atoms with E-state index in [1.807, 2.05) is 37.7 Å². The lowest BCUT2D eigenvalue weighted by Gasteiger charge is -2.22.